The Hall–Kier alpha value is -1.94. The fourth-order valence-electron chi connectivity index (χ4n) is 2.43. The van der Waals surface area contributed by atoms with E-state index in [-0.39, 0.29) is 6.17 Å². The van der Waals surface area contributed by atoms with E-state index in [2.05, 4.69) is 37.8 Å². The molecule has 4 nitrogen and oxygen atoms in total. The summed E-state index contributed by atoms with van der Waals surface area (Å²) in [5.41, 5.74) is 9.95. The van der Waals surface area contributed by atoms with Crippen LogP contribution < -0.4 is 16.5 Å². The lowest BCUT2D eigenvalue weighted by atomic mass is 10.1. The van der Waals surface area contributed by atoms with Gasteiger partial charge in [-0.3, -0.25) is 5.01 Å². The molecule has 1 aliphatic heterocycles. The van der Waals surface area contributed by atoms with Gasteiger partial charge in [0.05, 0.1) is 5.70 Å². The second-order valence-electron chi connectivity index (χ2n) is 4.53. The van der Waals surface area contributed by atoms with Crippen LogP contribution in [0.15, 0.2) is 47.9 Å². The highest BCUT2D eigenvalue weighted by Gasteiger charge is 2.31. The first-order valence-electron chi connectivity index (χ1n) is 6.06. The smallest absolute Gasteiger partial charge is 0.118 e. The van der Waals surface area contributed by atoms with Crippen molar-refractivity contribution >= 4 is 5.69 Å². The largest absolute Gasteiger partial charge is 0.405 e. The first-order valence-corrected chi connectivity index (χ1v) is 6.06. The Labute approximate surface area is 108 Å². The number of hydrazine groups is 1. The van der Waals surface area contributed by atoms with Gasteiger partial charge in [0, 0.05) is 11.4 Å². The molecule has 1 aromatic carbocycles. The molecule has 0 bridgehead atoms. The number of allylic oxidation sites excluding steroid dienone is 2. The highest BCUT2D eigenvalue weighted by Crippen LogP contribution is 2.34. The van der Waals surface area contributed by atoms with E-state index in [0.29, 0.717) is 0 Å². The van der Waals surface area contributed by atoms with E-state index in [1.165, 1.54) is 17.5 Å². The van der Waals surface area contributed by atoms with Gasteiger partial charge in [-0.1, -0.05) is 18.2 Å². The molecule has 2 rings (SSSR count). The molecule has 0 amide bonds. The minimum absolute atomic E-state index is 0.0808. The van der Waals surface area contributed by atoms with E-state index < -0.39 is 0 Å². The summed E-state index contributed by atoms with van der Waals surface area (Å²) in [6.45, 7) is 6.24. The topological polar surface area (TPSA) is 58.5 Å². The van der Waals surface area contributed by atoms with Crippen molar-refractivity contribution in [3.8, 4) is 0 Å². The van der Waals surface area contributed by atoms with Crippen molar-refractivity contribution in [3.63, 3.8) is 0 Å². The average molecular weight is 244 g/mol. The molecule has 0 saturated heterocycles. The van der Waals surface area contributed by atoms with Gasteiger partial charge in [-0.25, -0.2) is 5.84 Å². The van der Waals surface area contributed by atoms with E-state index in [1.54, 1.807) is 5.01 Å². The van der Waals surface area contributed by atoms with Gasteiger partial charge in [-0.2, -0.15) is 0 Å². The Morgan fingerprint density at radius 1 is 1.22 bits per heavy atom. The van der Waals surface area contributed by atoms with Gasteiger partial charge in [0.25, 0.3) is 0 Å². The van der Waals surface area contributed by atoms with Crippen LogP contribution in [0.5, 0.6) is 0 Å². The molecule has 0 aliphatic carbocycles. The lowest BCUT2D eigenvalue weighted by molar-refractivity contribution is 0.313. The molecule has 1 atom stereocenters. The van der Waals surface area contributed by atoms with E-state index in [1.807, 2.05) is 18.2 Å². The SMILES string of the molecule is CC1=C(/C=C\N)N(N)C(C)N1c1ccccc1C. The Morgan fingerprint density at radius 2 is 1.89 bits per heavy atom. The average Bonchev–Trinajstić information content (AvgIpc) is 2.55. The predicted molar refractivity (Wildman–Crippen MR) is 75.2 cm³/mol. The molecule has 18 heavy (non-hydrogen) atoms. The number of rotatable bonds is 2. The van der Waals surface area contributed by atoms with E-state index in [9.17, 15) is 0 Å². The van der Waals surface area contributed by atoms with Crippen LogP contribution in [-0.4, -0.2) is 11.2 Å². The minimum atomic E-state index is 0.0808. The zero-order valence-electron chi connectivity index (χ0n) is 11.1. The van der Waals surface area contributed by atoms with Crippen molar-refractivity contribution < 1.29 is 0 Å². The first kappa shape index (κ1) is 12.5. The van der Waals surface area contributed by atoms with Gasteiger partial charge in [-0.05, 0) is 44.7 Å². The third-order valence-corrected chi connectivity index (χ3v) is 3.42. The highest BCUT2D eigenvalue weighted by molar-refractivity contribution is 5.61. The van der Waals surface area contributed by atoms with Gasteiger partial charge in [0.2, 0.25) is 0 Å². The van der Waals surface area contributed by atoms with Crippen LogP contribution in [0.2, 0.25) is 0 Å². The summed E-state index contributed by atoms with van der Waals surface area (Å²) in [6.07, 6.45) is 3.44. The summed E-state index contributed by atoms with van der Waals surface area (Å²) in [4.78, 5) is 2.23. The maximum atomic E-state index is 6.10. The summed E-state index contributed by atoms with van der Waals surface area (Å²) in [7, 11) is 0. The molecule has 0 radical (unpaired) electrons. The second-order valence-corrected chi connectivity index (χ2v) is 4.53. The molecule has 4 N–H and O–H groups in total. The number of nitrogens with zero attached hydrogens (tertiary/aromatic N) is 2. The van der Waals surface area contributed by atoms with Gasteiger partial charge in [0.15, 0.2) is 0 Å². The summed E-state index contributed by atoms with van der Waals surface area (Å²) in [6, 6.07) is 8.30. The van der Waals surface area contributed by atoms with Crippen LogP contribution in [0.25, 0.3) is 0 Å². The molecule has 1 aromatic rings. The van der Waals surface area contributed by atoms with Crippen LogP contribution in [-0.2, 0) is 0 Å². The Balaban J connectivity index is 2.49. The summed E-state index contributed by atoms with van der Waals surface area (Å²) >= 11 is 0. The first-order chi connectivity index (χ1) is 8.57. The second kappa shape index (κ2) is 4.74. The fourth-order valence-corrected chi connectivity index (χ4v) is 2.43. The minimum Gasteiger partial charge on any atom is -0.405 e. The maximum Gasteiger partial charge on any atom is 0.118 e. The summed E-state index contributed by atoms with van der Waals surface area (Å²) in [5, 5.41) is 1.74. The molecule has 1 unspecified atom stereocenters. The lowest BCUT2D eigenvalue weighted by Crippen LogP contribution is -2.42. The number of nitrogens with two attached hydrogens (primary N) is 2. The number of anilines is 1. The third kappa shape index (κ3) is 1.84. The maximum absolute atomic E-state index is 6.10. The van der Waals surface area contributed by atoms with Crippen molar-refractivity contribution in [2.45, 2.75) is 26.9 Å². The van der Waals surface area contributed by atoms with Crippen molar-refractivity contribution in [2.75, 3.05) is 4.90 Å². The Morgan fingerprint density at radius 3 is 2.50 bits per heavy atom. The van der Waals surface area contributed by atoms with Crippen LogP contribution in [0.1, 0.15) is 19.4 Å². The summed E-state index contributed by atoms with van der Waals surface area (Å²) in [5.74, 6) is 6.10. The standard InChI is InChI=1S/C14H20N4/c1-10-6-4-5-7-13(10)17-11(2)14(8-9-15)18(16)12(17)3/h4-9,12H,15-16H2,1-3H3/b9-8-. The van der Waals surface area contributed by atoms with Crippen molar-refractivity contribution in [2.24, 2.45) is 11.6 Å². The molecule has 0 fully saturated rings. The van der Waals surface area contributed by atoms with Crippen LogP contribution in [0, 0.1) is 6.92 Å². The number of para-hydroxylation sites is 1. The molecule has 0 aromatic heterocycles. The quantitative estimate of drug-likeness (QED) is 0.782. The zero-order valence-corrected chi connectivity index (χ0v) is 11.1. The number of hydrogen-bond acceptors (Lipinski definition) is 4. The molecule has 1 heterocycles. The van der Waals surface area contributed by atoms with Crippen molar-refractivity contribution in [3.05, 3.63) is 53.5 Å². The number of benzene rings is 1. The monoisotopic (exact) mass is 244 g/mol. The van der Waals surface area contributed by atoms with Crippen LogP contribution >= 0.6 is 0 Å². The Kier molecular flexibility index (Phi) is 3.30. The molecule has 0 spiro atoms. The molecule has 96 valence electrons. The zero-order chi connectivity index (χ0) is 13.3. The van der Waals surface area contributed by atoms with E-state index in [4.69, 9.17) is 11.6 Å². The lowest BCUT2D eigenvalue weighted by Gasteiger charge is -2.29. The molecule has 0 saturated carbocycles. The van der Waals surface area contributed by atoms with Gasteiger partial charge in [-0.15, -0.1) is 0 Å². The third-order valence-electron chi connectivity index (χ3n) is 3.42. The van der Waals surface area contributed by atoms with Crippen molar-refractivity contribution in [1.29, 1.82) is 0 Å². The molecular formula is C14H20N4. The van der Waals surface area contributed by atoms with Crippen LogP contribution in [0.3, 0.4) is 0 Å². The normalized spacial score (nSPS) is 20.3. The number of hydrogen-bond donors (Lipinski definition) is 2. The van der Waals surface area contributed by atoms with Crippen molar-refractivity contribution in [1.82, 2.24) is 5.01 Å². The highest BCUT2D eigenvalue weighted by atomic mass is 15.5. The summed E-state index contributed by atoms with van der Waals surface area (Å²) < 4.78 is 0. The molecule has 1 aliphatic rings. The predicted octanol–water partition coefficient (Wildman–Crippen LogP) is 2.04. The number of aryl methyl sites for hydroxylation is 1. The Bertz CT molecular complexity index is 504. The van der Waals surface area contributed by atoms with Gasteiger partial charge < -0.3 is 10.6 Å². The van der Waals surface area contributed by atoms with E-state index in [0.717, 1.165) is 11.4 Å². The van der Waals surface area contributed by atoms with Gasteiger partial charge >= 0.3 is 0 Å². The fraction of sp³-hybridized carbons (Fsp3) is 0.286. The van der Waals surface area contributed by atoms with E-state index >= 15 is 0 Å². The van der Waals surface area contributed by atoms with Gasteiger partial charge in [0.1, 0.15) is 6.17 Å². The van der Waals surface area contributed by atoms with Crippen LogP contribution in [0.4, 0.5) is 5.69 Å². The molecular weight excluding hydrogens is 224 g/mol. The molecule has 4 heteroatoms.